The molecule has 0 saturated carbocycles. The molecule has 0 fully saturated rings. The standard InChI is InChI=1S/C32H39N3O5/c1-22-18-35(23(2)20-36)31(37)29-12-8-7-11-28(29)27-10-6-5-9-25(27)21-40-30(22)19-34(3)32(38)33-17-24-13-15-26(39-4)16-14-24/h5-16,22-23,30,36H,17-21H2,1-4H3,(H,33,38)/t22-,23+,30+/m1/s1. The van der Waals surface area contributed by atoms with Crippen LogP contribution in [0.2, 0.25) is 0 Å². The molecule has 8 nitrogen and oxygen atoms in total. The minimum atomic E-state index is -0.384. The minimum Gasteiger partial charge on any atom is -0.497 e. The summed E-state index contributed by atoms with van der Waals surface area (Å²) in [4.78, 5) is 30.3. The second-order valence-electron chi connectivity index (χ2n) is 10.4. The molecule has 4 rings (SSSR count). The number of likely N-dealkylation sites (N-methyl/N-ethyl adjacent to an activating group) is 1. The van der Waals surface area contributed by atoms with Crippen LogP contribution in [-0.2, 0) is 17.9 Å². The fourth-order valence-electron chi connectivity index (χ4n) is 4.96. The smallest absolute Gasteiger partial charge is 0.317 e. The molecule has 1 aliphatic heterocycles. The molecule has 40 heavy (non-hydrogen) atoms. The number of aliphatic hydroxyl groups excluding tert-OH is 1. The van der Waals surface area contributed by atoms with Crippen LogP contribution >= 0.6 is 0 Å². The summed E-state index contributed by atoms with van der Waals surface area (Å²) < 4.78 is 11.7. The van der Waals surface area contributed by atoms with Crippen LogP contribution < -0.4 is 10.1 Å². The van der Waals surface area contributed by atoms with Crippen LogP contribution in [0, 0.1) is 5.92 Å². The lowest BCUT2D eigenvalue weighted by Crippen LogP contribution is -2.48. The molecule has 3 atom stereocenters. The van der Waals surface area contributed by atoms with Crippen molar-refractivity contribution in [3.05, 3.63) is 89.5 Å². The van der Waals surface area contributed by atoms with Gasteiger partial charge < -0.3 is 29.7 Å². The molecule has 0 spiro atoms. The second-order valence-corrected chi connectivity index (χ2v) is 10.4. The molecule has 1 heterocycles. The predicted octanol–water partition coefficient (Wildman–Crippen LogP) is 4.56. The lowest BCUT2D eigenvalue weighted by Gasteiger charge is -2.35. The van der Waals surface area contributed by atoms with E-state index in [0.717, 1.165) is 28.0 Å². The Labute approximate surface area is 236 Å². The Morgan fingerprint density at radius 3 is 2.40 bits per heavy atom. The molecule has 0 aromatic heterocycles. The fraction of sp³-hybridized carbons (Fsp3) is 0.375. The van der Waals surface area contributed by atoms with Crippen molar-refractivity contribution in [1.82, 2.24) is 15.1 Å². The van der Waals surface area contributed by atoms with Crippen molar-refractivity contribution in [1.29, 1.82) is 0 Å². The van der Waals surface area contributed by atoms with Crippen LogP contribution in [0.1, 0.15) is 35.3 Å². The van der Waals surface area contributed by atoms with Gasteiger partial charge in [0.2, 0.25) is 0 Å². The Hall–Kier alpha value is -3.88. The van der Waals surface area contributed by atoms with E-state index in [1.165, 1.54) is 0 Å². The van der Waals surface area contributed by atoms with Gasteiger partial charge in [0.25, 0.3) is 5.91 Å². The molecule has 3 aromatic rings. The molecule has 0 unspecified atom stereocenters. The molecule has 1 aliphatic rings. The van der Waals surface area contributed by atoms with Crippen LogP contribution in [0.4, 0.5) is 4.79 Å². The summed E-state index contributed by atoms with van der Waals surface area (Å²) in [5, 5.41) is 13.0. The van der Waals surface area contributed by atoms with E-state index in [1.54, 1.807) is 24.0 Å². The van der Waals surface area contributed by atoms with Crippen molar-refractivity contribution < 1.29 is 24.2 Å². The van der Waals surface area contributed by atoms with Gasteiger partial charge in [0, 0.05) is 38.2 Å². The van der Waals surface area contributed by atoms with Crippen LogP contribution in [0.3, 0.4) is 0 Å². The summed E-state index contributed by atoms with van der Waals surface area (Å²) in [7, 11) is 3.36. The van der Waals surface area contributed by atoms with Gasteiger partial charge in [0.05, 0.1) is 32.5 Å². The number of hydrogen-bond acceptors (Lipinski definition) is 5. The summed E-state index contributed by atoms with van der Waals surface area (Å²) in [5.41, 5.74) is 4.29. The monoisotopic (exact) mass is 545 g/mol. The van der Waals surface area contributed by atoms with Gasteiger partial charge >= 0.3 is 6.03 Å². The Balaban J connectivity index is 1.56. The molecule has 0 bridgehead atoms. The lowest BCUT2D eigenvalue weighted by molar-refractivity contribution is -0.0184. The highest BCUT2D eigenvalue weighted by atomic mass is 16.5. The number of nitrogens with zero attached hydrogens (tertiary/aromatic N) is 2. The molecular weight excluding hydrogens is 506 g/mol. The average molecular weight is 546 g/mol. The van der Waals surface area contributed by atoms with Crippen LogP contribution in [0.5, 0.6) is 5.75 Å². The van der Waals surface area contributed by atoms with Crippen LogP contribution in [0.15, 0.2) is 72.8 Å². The number of carbonyl (C=O) groups is 2. The SMILES string of the molecule is COc1ccc(CNC(=O)N(C)C[C@@H]2OCc3ccccc3-c3ccccc3C(=O)N([C@@H](C)CO)C[C@H]2C)cc1. The second kappa shape index (κ2) is 13.5. The van der Waals surface area contributed by atoms with Crippen molar-refractivity contribution in [2.75, 3.05) is 33.9 Å². The Morgan fingerprint density at radius 1 is 1.07 bits per heavy atom. The normalized spacial score (nSPS) is 18.1. The number of hydrogen-bond donors (Lipinski definition) is 2. The molecule has 0 radical (unpaired) electrons. The van der Waals surface area contributed by atoms with E-state index < -0.39 is 0 Å². The number of benzene rings is 3. The van der Waals surface area contributed by atoms with Crippen LogP contribution in [0.25, 0.3) is 11.1 Å². The van der Waals surface area contributed by atoms with Gasteiger partial charge in [-0.25, -0.2) is 4.79 Å². The first kappa shape index (κ1) is 29.1. The third-order valence-electron chi connectivity index (χ3n) is 7.50. The third kappa shape index (κ3) is 6.81. The number of rotatable bonds is 7. The maximum absolute atomic E-state index is 13.9. The van der Waals surface area contributed by atoms with Crippen LogP contribution in [-0.4, -0.2) is 72.8 Å². The van der Waals surface area contributed by atoms with E-state index in [-0.39, 0.29) is 36.6 Å². The summed E-state index contributed by atoms with van der Waals surface area (Å²) in [5.74, 6) is 0.509. The Bertz CT molecular complexity index is 1300. The quantitative estimate of drug-likeness (QED) is 0.454. The maximum atomic E-state index is 13.9. The highest BCUT2D eigenvalue weighted by molar-refractivity contribution is 6.01. The summed E-state index contributed by atoms with van der Waals surface area (Å²) in [6, 6.07) is 22.5. The number of nitrogens with one attached hydrogen (secondary N) is 1. The fourth-order valence-corrected chi connectivity index (χ4v) is 4.96. The van der Waals surface area contributed by atoms with Gasteiger partial charge in [-0.1, -0.05) is 61.5 Å². The predicted molar refractivity (Wildman–Crippen MR) is 155 cm³/mol. The Morgan fingerprint density at radius 2 is 1.73 bits per heavy atom. The molecule has 0 saturated heterocycles. The number of fused-ring (bicyclic) bond motifs is 3. The topological polar surface area (TPSA) is 91.3 Å². The van der Waals surface area contributed by atoms with Gasteiger partial charge in [-0.15, -0.1) is 0 Å². The maximum Gasteiger partial charge on any atom is 0.317 e. The van der Waals surface area contributed by atoms with Gasteiger partial charge in [-0.2, -0.15) is 0 Å². The number of aliphatic hydroxyl groups is 1. The third-order valence-corrected chi connectivity index (χ3v) is 7.50. The zero-order valence-electron chi connectivity index (χ0n) is 23.7. The highest BCUT2D eigenvalue weighted by Gasteiger charge is 2.31. The average Bonchev–Trinajstić information content (AvgIpc) is 3.01. The highest BCUT2D eigenvalue weighted by Crippen LogP contribution is 2.31. The van der Waals surface area contributed by atoms with Gasteiger partial charge in [0.15, 0.2) is 0 Å². The van der Waals surface area contributed by atoms with E-state index in [4.69, 9.17) is 9.47 Å². The first-order valence-corrected chi connectivity index (χ1v) is 13.6. The van der Waals surface area contributed by atoms with Crippen molar-refractivity contribution >= 4 is 11.9 Å². The number of amides is 3. The van der Waals surface area contributed by atoms with E-state index in [2.05, 4.69) is 5.32 Å². The molecule has 2 N–H and O–H groups in total. The minimum absolute atomic E-state index is 0.118. The number of carbonyl (C=O) groups excluding carboxylic acids is 2. The van der Waals surface area contributed by atoms with E-state index in [1.807, 2.05) is 86.6 Å². The number of methoxy groups -OCH3 is 1. The molecule has 212 valence electrons. The molecule has 8 heteroatoms. The van der Waals surface area contributed by atoms with Crippen molar-refractivity contribution in [3.63, 3.8) is 0 Å². The first-order valence-electron chi connectivity index (χ1n) is 13.6. The first-order chi connectivity index (χ1) is 19.3. The molecule has 3 amide bonds. The van der Waals surface area contributed by atoms with Crippen molar-refractivity contribution in [3.8, 4) is 16.9 Å². The van der Waals surface area contributed by atoms with Gasteiger partial charge in [-0.05, 0) is 47.4 Å². The molecular formula is C32H39N3O5. The van der Waals surface area contributed by atoms with E-state index in [9.17, 15) is 14.7 Å². The zero-order valence-corrected chi connectivity index (χ0v) is 23.7. The Kier molecular flexibility index (Phi) is 9.79. The van der Waals surface area contributed by atoms with E-state index >= 15 is 0 Å². The summed E-state index contributed by atoms with van der Waals surface area (Å²) >= 11 is 0. The van der Waals surface area contributed by atoms with Crippen molar-refractivity contribution in [2.24, 2.45) is 5.92 Å². The van der Waals surface area contributed by atoms with Crippen molar-refractivity contribution in [2.45, 2.75) is 39.1 Å². The summed E-state index contributed by atoms with van der Waals surface area (Å²) in [6.45, 7) is 5.14. The molecule has 3 aromatic carbocycles. The number of ether oxygens (including phenoxy) is 2. The van der Waals surface area contributed by atoms with E-state index in [0.29, 0.717) is 31.8 Å². The number of urea groups is 1. The largest absolute Gasteiger partial charge is 0.497 e. The lowest BCUT2D eigenvalue weighted by atomic mass is 9.94. The van der Waals surface area contributed by atoms with Gasteiger partial charge in [-0.3, -0.25) is 4.79 Å². The zero-order chi connectivity index (χ0) is 28.6. The van der Waals surface area contributed by atoms with Gasteiger partial charge in [0.1, 0.15) is 5.75 Å². The molecule has 0 aliphatic carbocycles. The summed E-state index contributed by atoms with van der Waals surface area (Å²) in [6.07, 6.45) is -0.354.